The number of carbonyl (C=O) groups is 1. The van der Waals surface area contributed by atoms with Gasteiger partial charge >= 0.3 is 5.97 Å². The van der Waals surface area contributed by atoms with Crippen molar-refractivity contribution >= 4 is 16.0 Å². The summed E-state index contributed by atoms with van der Waals surface area (Å²) in [5, 5.41) is 0. The Morgan fingerprint density at radius 3 is 2.32 bits per heavy atom. The molecule has 0 amide bonds. The third kappa shape index (κ3) is 5.41. The molecule has 1 aliphatic rings. The number of rotatable bonds is 7. The van der Waals surface area contributed by atoms with Crippen LogP contribution in [0.4, 0.5) is 0 Å². The smallest absolute Gasteiger partial charge is 0.337 e. The number of nitrogens with one attached hydrogen (secondary N) is 1. The quantitative estimate of drug-likeness (QED) is 0.721. The van der Waals surface area contributed by atoms with Crippen LogP contribution in [0, 0.1) is 5.92 Å². The number of methoxy groups -OCH3 is 1. The number of hydrogen-bond donors (Lipinski definition) is 1. The minimum Gasteiger partial charge on any atom is -0.465 e. The number of hydrogen-bond acceptors (Lipinski definition) is 5. The SMILES string of the molecule is COC(=O)c1ccc(S(=O)(=O)NCC2CCN(Cc3ccccc3)CC2)cc1. The lowest BCUT2D eigenvalue weighted by atomic mass is 9.97. The normalized spacial score (nSPS) is 16.0. The second kappa shape index (κ2) is 9.32. The molecule has 7 heteroatoms. The van der Waals surface area contributed by atoms with Crippen LogP contribution in [0.2, 0.25) is 0 Å². The minimum atomic E-state index is -3.59. The van der Waals surface area contributed by atoms with Crippen LogP contribution in [0.3, 0.4) is 0 Å². The summed E-state index contributed by atoms with van der Waals surface area (Å²) in [7, 11) is -2.30. The van der Waals surface area contributed by atoms with Crippen molar-refractivity contribution < 1.29 is 17.9 Å². The molecule has 2 aromatic rings. The molecule has 0 aromatic heterocycles. The molecule has 1 saturated heterocycles. The van der Waals surface area contributed by atoms with Crippen molar-refractivity contribution in [3.63, 3.8) is 0 Å². The molecule has 1 aliphatic heterocycles. The first-order valence-corrected chi connectivity index (χ1v) is 10.9. The summed E-state index contributed by atoms with van der Waals surface area (Å²) in [6.07, 6.45) is 1.94. The Labute approximate surface area is 166 Å². The Kier molecular flexibility index (Phi) is 6.83. The number of likely N-dealkylation sites (tertiary alicyclic amines) is 1. The van der Waals surface area contributed by atoms with Gasteiger partial charge in [-0.25, -0.2) is 17.9 Å². The molecule has 1 N–H and O–H groups in total. The molecular weight excluding hydrogens is 376 g/mol. The first-order chi connectivity index (χ1) is 13.5. The summed E-state index contributed by atoms with van der Waals surface area (Å²) >= 11 is 0. The number of carbonyl (C=O) groups excluding carboxylic acids is 1. The van der Waals surface area contributed by atoms with E-state index < -0.39 is 16.0 Å². The molecule has 6 nitrogen and oxygen atoms in total. The third-order valence-electron chi connectivity index (χ3n) is 5.10. The van der Waals surface area contributed by atoms with Gasteiger partial charge in [0.15, 0.2) is 0 Å². The van der Waals surface area contributed by atoms with Crippen molar-refractivity contribution in [2.45, 2.75) is 24.3 Å². The van der Waals surface area contributed by atoms with Crippen LogP contribution in [-0.2, 0) is 21.3 Å². The number of piperidine rings is 1. The van der Waals surface area contributed by atoms with Gasteiger partial charge < -0.3 is 4.74 Å². The first kappa shape index (κ1) is 20.5. The summed E-state index contributed by atoms with van der Waals surface area (Å²) in [5.74, 6) is -0.157. The van der Waals surface area contributed by atoms with E-state index in [9.17, 15) is 13.2 Å². The van der Waals surface area contributed by atoms with E-state index in [1.54, 1.807) is 0 Å². The van der Waals surface area contributed by atoms with Gasteiger partial charge in [0.2, 0.25) is 10.0 Å². The molecule has 0 unspecified atom stereocenters. The zero-order valence-electron chi connectivity index (χ0n) is 16.0. The predicted molar refractivity (Wildman–Crippen MR) is 107 cm³/mol. The van der Waals surface area contributed by atoms with Crippen molar-refractivity contribution in [1.29, 1.82) is 0 Å². The number of benzene rings is 2. The molecule has 1 fully saturated rings. The fourth-order valence-electron chi connectivity index (χ4n) is 3.39. The Morgan fingerprint density at radius 2 is 1.71 bits per heavy atom. The number of nitrogens with zero attached hydrogens (tertiary/aromatic N) is 1. The van der Waals surface area contributed by atoms with E-state index in [4.69, 9.17) is 0 Å². The van der Waals surface area contributed by atoms with Crippen LogP contribution in [0.25, 0.3) is 0 Å². The Morgan fingerprint density at radius 1 is 1.07 bits per heavy atom. The van der Waals surface area contributed by atoms with Gasteiger partial charge in [0.25, 0.3) is 0 Å². The van der Waals surface area contributed by atoms with Crippen molar-refractivity contribution in [2.75, 3.05) is 26.7 Å². The maximum Gasteiger partial charge on any atom is 0.337 e. The maximum absolute atomic E-state index is 12.5. The fraction of sp³-hybridized carbons (Fsp3) is 0.381. The largest absolute Gasteiger partial charge is 0.465 e. The Balaban J connectivity index is 1.48. The summed E-state index contributed by atoms with van der Waals surface area (Å²) in [4.78, 5) is 14.0. The van der Waals surface area contributed by atoms with Gasteiger partial charge in [-0.05, 0) is 61.7 Å². The van der Waals surface area contributed by atoms with Crippen molar-refractivity contribution in [2.24, 2.45) is 5.92 Å². The highest BCUT2D eigenvalue weighted by molar-refractivity contribution is 7.89. The average molecular weight is 403 g/mol. The summed E-state index contributed by atoms with van der Waals surface area (Å²) < 4.78 is 32.3. The van der Waals surface area contributed by atoms with E-state index in [1.165, 1.54) is 36.9 Å². The van der Waals surface area contributed by atoms with Crippen molar-refractivity contribution in [3.8, 4) is 0 Å². The third-order valence-corrected chi connectivity index (χ3v) is 6.54. The second-order valence-corrected chi connectivity index (χ2v) is 8.84. The number of sulfonamides is 1. The molecule has 1 heterocycles. The summed E-state index contributed by atoms with van der Waals surface area (Å²) in [6, 6.07) is 16.2. The molecule has 3 rings (SSSR count). The first-order valence-electron chi connectivity index (χ1n) is 9.42. The standard InChI is InChI=1S/C21H26N2O4S/c1-27-21(24)19-7-9-20(10-8-19)28(25,26)22-15-17-11-13-23(14-12-17)16-18-5-3-2-4-6-18/h2-10,17,22H,11-16H2,1H3. The molecule has 28 heavy (non-hydrogen) atoms. The zero-order chi connectivity index (χ0) is 20.0. The van der Waals surface area contributed by atoms with Gasteiger partial charge in [0, 0.05) is 13.1 Å². The van der Waals surface area contributed by atoms with Crippen LogP contribution >= 0.6 is 0 Å². The van der Waals surface area contributed by atoms with Gasteiger partial charge in [-0.2, -0.15) is 0 Å². The molecule has 0 aliphatic carbocycles. The van der Waals surface area contributed by atoms with Gasteiger partial charge in [-0.3, -0.25) is 4.90 Å². The highest BCUT2D eigenvalue weighted by atomic mass is 32.2. The van der Waals surface area contributed by atoms with Gasteiger partial charge in [-0.15, -0.1) is 0 Å². The van der Waals surface area contributed by atoms with E-state index in [1.807, 2.05) is 6.07 Å². The summed E-state index contributed by atoms with van der Waals surface area (Å²) in [6.45, 7) is 3.30. The Hall–Kier alpha value is -2.22. The predicted octanol–water partition coefficient (Wildman–Crippen LogP) is 2.66. The van der Waals surface area contributed by atoms with Crippen LogP contribution in [-0.4, -0.2) is 46.0 Å². The van der Waals surface area contributed by atoms with Crippen molar-refractivity contribution in [3.05, 3.63) is 65.7 Å². The van der Waals surface area contributed by atoms with Crippen LogP contribution in [0.15, 0.2) is 59.5 Å². The zero-order valence-corrected chi connectivity index (χ0v) is 16.8. The van der Waals surface area contributed by atoms with Crippen LogP contribution in [0.5, 0.6) is 0 Å². The maximum atomic E-state index is 12.5. The van der Waals surface area contributed by atoms with E-state index >= 15 is 0 Å². The summed E-state index contributed by atoms with van der Waals surface area (Å²) in [5.41, 5.74) is 1.63. The molecule has 0 bridgehead atoms. The highest BCUT2D eigenvalue weighted by Crippen LogP contribution is 2.19. The molecule has 0 atom stereocenters. The lowest BCUT2D eigenvalue weighted by Gasteiger charge is -2.32. The lowest BCUT2D eigenvalue weighted by Crippen LogP contribution is -2.38. The van der Waals surface area contributed by atoms with Crippen molar-refractivity contribution in [1.82, 2.24) is 9.62 Å². The average Bonchev–Trinajstić information content (AvgIpc) is 2.73. The van der Waals surface area contributed by atoms with Gasteiger partial charge in [0.05, 0.1) is 17.6 Å². The second-order valence-electron chi connectivity index (χ2n) is 7.07. The van der Waals surface area contributed by atoms with Gasteiger partial charge in [0.1, 0.15) is 0 Å². The minimum absolute atomic E-state index is 0.154. The monoisotopic (exact) mass is 402 g/mol. The molecular formula is C21H26N2O4S. The number of esters is 1. The highest BCUT2D eigenvalue weighted by Gasteiger charge is 2.22. The van der Waals surface area contributed by atoms with E-state index in [0.717, 1.165) is 32.5 Å². The lowest BCUT2D eigenvalue weighted by molar-refractivity contribution is 0.0600. The molecule has 0 radical (unpaired) electrons. The number of ether oxygens (including phenoxy) is 1. The Bertz CT molecular complexity index is 874. The van der Waals surface area contributed by atoms with E-state index in [0.29, 0.717) is 18.0 Å². The molecule has 0 saturated carbocycles. The molecule has 2 aromatic carbocycles. The van der Waals surface area contributed by atoms with E-state index in [-0.39, 0.29) is 4.90 Å². The molecule has 150 valence electrons. The molecule has 0 spiro atoms. The van der Waals surface area contributed by atoms with Crippen LogP contribution < -0.4 is 4.72 Å². The van der Waals surface area contributed by atoms with E-state index in [2.05, 4.69) is 38.6 Å². The fourth-order valence-corrected chi connectivity index (χ4v) is 4.51. The topological polar surface area (TPSA) is 75.7 Å². The van der Waals surface area contributed by atoms with Crippen LogP contribution in [0.1, 0.15) is 28.8 Å². The van der Waals surface area contributed by atoms with Gasteiger partial charge in [-0.1, -0.05) is 30.3 Å².